The molecule has 0 spiro atoms. The summed E-state index contributed by atoms with van der Waals surface area (Å²) in [5.41, 5.74) is 4.14. The molecule has 0 atom stereocenters. The quantitative estimate of drug-likeness (QED) is 0.418. The van der Waals surface area contributed by atoms with E-state index in [1.54, 1.807) is 17.9 Å². The first-order valence-electron chi connectivity index (χ1n) is 6.90. The average molecular weight is 300 g/mol. The van der Waals surface area contributed by atoms with Gasteiger partial charge in [-0.25, -0.2) is 15.4 Å². The largest absolute Gasteiger partial charge is 0.360 e. The summed E-state index contributed by atoms with van der Waals surface area (Å²) in [6.07, 6.45) is 6.16. The zero-order valence-electron chi connectivity index (χ0n) is 12.0. The van der Waals surface area contributed by atoms with E-state index in [2.05, 4.69) is 27.2 Å². The number of hydrogen-bond acceptors (Lipinski definition) is 5. The monoisotopic (exact) mass is 300 g/mol. The van der Waals surface area contributed by atoms with E-state index in [0.29, 0.717) is 17.3 Å². The maximum Gasteiger partial charge on any atom is 0.262 e. The van der Waals surface area contributed by atoms with Crippen molar-refractivity contribution in [3.05, 3.63) is 36.3 Å². The van der Waals surface area contributed by atoms with Gasteiger partial charge in [0, 0.05) is 18.6 Å². The predicted molar refractivity (Wildman–Crippen MR) is 80.6 cm³/mol. The van der Waals surface area contributed by atoms with Gasteiger partial charge in [0.25, 0.3) is 5.91 Å². The summed E-state index contributed by atoms with van der Waals surface area (Å²) in [6, 6.07) is 3.99. The molecule has 0 fully saturated rings. The number of nitrogens with zero attached hydrogens (tertiary/aromatic N) is 3. The van der Waals surface area contributed by atoms with Gasteiger partial charge in [0.1, 0.15) is 17.2 Å². The molecule has 8 nitrogen and oxygen atoms in total. The zero-order chi connectivity index (χ0) is 15.5. The summed E-state index contributed by atoms with van der Waals surface area (Å²) in [7, 11) is 0. The highest BCUT2D eigenvalue weighted by atomic mass is 16.5. The summed E-state index contributed by atoms with van der Waals surface area (Å²) >= 11 is 0. The Morgan fingerprint density at radius 2 is 2.36 bits per heavy atom. The van der Waals surface area contributed by atoms with Gasteiger partial charge in [0.2, 0.25) is 0 Å². The van der Waals surface area contributed by atoms with E-state index in [4.69, 9.17) is 5.21 Å². The molecule has 0 aliphatic rings. The van der Waals surface area contributed by atoms with Crippen LogP contribution in [-0.2, 0) is 11.2 Å². The Kier molecular flexibility index (Phi) is 3.75. The molecule has 3 aromatic heterocycles. The number of amides is 1. The van der Waals surface area contributed by atoms with Gasteiger partial charge in [0.05, 0.1) is 6.54 Å². The molecule has 0 unspecified atom stereocenters. The van der Waals surface area contributed by atoms with Crippen LogP contribution in [0.25, 0.3) is 17.2 Å². The van der Waals surface area contributed by atoms with Crippen LogP contribution >= 0.6 is 0 Å². The lowest BCUT2D eigenvalue weighted by Crippen LogP contribution is -2.27. The summed E-state index contributed by atoms with van der Waals surface area (Å²) in [5.74, 6) is 0.704. The van der Waals surface area contributed by atoms with Crippen molar-refractivity contribution in [2.45, 2.75) is 13.3 Å². The first kappa shape index (κ1) is 14.1. The molecule has 0 saturated heterocycles. The summed E-state index contributed by atoms with van der Waals surface area (Å²) in [5, 5.41) is 11.6. The first-order chi connectivity index (χ1) is 10.7. The fraction of sp³-hybridized carbons (Fsp3) is 0.214. The van der Waals surface area contributed by atoms with Crippen molar-refractivity contribution in [3.63, 3.8) is 0 Å². The van der Waals surface area contributed by atoms with E-state index in [0.717, 1.165) is 12.1 Å². The number of fused-ring (bicyclic) bond motifs is 1. The maximum atomic E-state index is 11.3. The molecule has 0 aliphatic heterocycles. The molecular formula is C14H16N6O2. The van der Waals surface area contributed by atoms with Crippen LogP contribution in [0, 0.1) is 0 Å². The number of carbonyl (C=O) groups is 1. The maximum absolute atomic E-state index is 11.3. The Morgan fingerprint density at radius 3 is 3.05 bits per heavy atom. The highest BCUT2D eigenvalue weighted by molar-refractivity contribution is 5.82. The number of hydrogen-bond donors (Lipinski definition) is 4. The van der Waals surface area contributed by atoms with Gasteiger partial charge in [-0.1, -0.05) is 6.92 Å². The van der Waals surface area contributed by atoms with Crippen molar-refractivity contribution in [2.75, 3.05) is 11.9 Å². The van der Waals surface area contributed by atoms with Crippen LogP contribution in [0.5, 0.6) is 0 Å². The number of H-pyrrole nitrogens is 1. The lowest BCUT2D eigenvalue weighted by molar-refractivity contribution is -0.127. The number of rotatable bonds is 5. The van der Waals surface area contributed by atoms with E-state index in [1.807, 2.05) is 22.7 Å². The number of imidazole rings is 2. The molecule has 3 heterocycles. The minimum Gasteiger partial charge on any atom is -0.360 e. The van der Waals surface area contributed by atoms with Crippen molar-refractivity contribution in [2.24, 2.45) is 0 Å². The summed E-state index contributed by atoms with van der Waals surface area (Å²) in [6.45, 7) is 2.00. The molecule has 114 valence electrons. The molecule has 0 aromatic carbocycles. The number of aromatic nitrogens is 4. The fourth-order valence-electron chi connectivity index (χ4n) is 2.24. The van der Waals surface area contributed by atoms with Crippen molar-refractivity contribution in [1.29, 1.82) is 0 Å². The SMILES string of the molecule is CCc1ccn2c(NCC(=O)NO)c(-c3ncc[nH]3)nc2c1. The second kappa shape index (κ2) is 5.86. The number of pyridine rings is 1. The smallest absolute Gasteiger partial charge is 0.262 e. The van der Waals surface area contributed by atoms with E-state index in [-0.39, 0.29) is 6.54 Å². The van der Waals surface area contributed by atoms with Gasteiger partial charge in [0.15, 0.2) is 5.82 Å². The highest BCUT2D eigenvalue weighted by Crippen LogP contribution is 2.26. The number of anilines is 1. The molecular weight excluding hydrogens is 284 g/mol. The lowest BCUT2D eigenvalue weighted by Gasteiger charge is -2.07. The number of hydroxylamine groups is 1. The van der Waals surface area contributed by atoms with Gasteiger partial charge in [-0.3, -0.25) is 14.4 Å². The Morgan fingerprint density at radius 1 is 1.50 bits per heavy atom. The highest BCUT2D eigenvalue weighted by Gasteiger charge is 2.16. The van der Waals surface area contributed by atoms with Crippen LogP contribution in [0.2, 0.25) is 0 Å². The fourth-order valence-corrected chi connectivity index (χ4v) is 2.24. The third-order valence-corrected chi connectivity index (χ3v) is 3.36. The van der Waals surface area contributed by atoms with E-state index in [9.17, 15) is 4.79 Å². The number of aryl methyl sites for hydroxylation is 1. The van der Waals surface area contributed by atoms with Gasteiger partial charge < -0.3 is 10.3 Å². The second-order valence-electron chi connectivity index (χ2n) is 4.75. The topological polar surface area (TPSA) is 107 Å². The Hall–Kier alpha value is -2.87. The van der Waals surface area contributed by atoms with Gasteiger partial charge in [-0.2, -0.15) is 0 Å². The molecule has 4 N–H and O–H groups in total. The van der Waals surface area contributed by atoms with Crippen LogP contribution in [0.15, 0.2) is 30.7 Å². The molecule has 8 heteroatoms. The van der Waals surface area contributed by atoms with Crippen LogP contribution in [0.3, 0.4) is 0 Å². The van der Waals surface area contributed by atoms with Crippen molar-refractivity contribution < 1.29 is 10.0 Å². The van der Waals surface area contributed by atoms with Crippen molar-refractivity contribution >= 4 is 17.4 Å². The normalized spacial score (nSPS) is 10.8. The minimum absolute atomic E-state index is 0.0759. The average Bonchev–Trinajstić information content (AvgIpc) is 3.19. The third-order valence-electron chi connectivity index (χ3n) is 3.36. The van der Waals surface area contributed by atoms with Gasteiger partial charge in [-0.05, 0) is 24.1 Å². The molecule has 1 amide bonds. The predicted octanol–water partition coefficient (Wildman–Crippen LogP) is 1.20. The van der Waals surface area contributed by atoms with Crippen molar-refractivity contribution in [1.82, 2.24) is 24.8 Å². The molecule has 3 aromatic rings. The zero-order valence-corrected chi connectivity index (χ0v) is 12.0. The van der Waals surface area contributed by atoms with Crippen LogP contribution in [0.1, 0.15) is 12.5 Å². The molecule has 0 aliphatic carbocycles. The van der Waals surface area contributed by atoms with E-state index < -0.39 is 5.91 Å². The van der Waals surface area contributed by atoms with Crippen LogP contribution in [-0.4, -0.2) is 37.0 Å². The first-order valence-corrected chi connectivity index (χ1v) is 6.90. The molecule has 3 rings (SSSR count). The summed E-state index contributed by atoms with van der Waals surface area (Å²) < 4.78 is 1.85. The standard InChI is InChI=1S/C14H16N6O2/c1-2-9-3-6-20-10(7-9)18-12(13-15-4-5-16-13)14(20)17-8-11(21)19-22/h3-7,17,22H,2,8H2,1H3,(H,15,16)(H,19,21). The van der Waals surface area contributed by atoms with Crippen LogP contribution < -0.4 is 10.8 Å². The molecule has 0 radical (unpaired) electrons. The van der Waals surface area contributed by atoms with E-state index in [1.165, 1.54) is 5.56 Å². The number of carbonyl (C=O) groups excluding carboxylic acids is 1. The molecule has 0 saturated carbocycles. The van der Waals surface area contributed by atoms with E-state index >= 15 is 0 Å². The lowest BCUT2D eigenvalue weighted by atomic mass is 10.2. The molecule has 22 heavy (non-hydrogen) atoms. The Bertz CT molecular complexity index is 793. The molecule has 0 bridgehead atoms. The summed E-state index contributed by atoms with van der Waals surface area (Å²) in [4.78, 5) is 23.1. The van der Waals surface area contributed by atoms with Crippen molar-refractivity contribution in [3.8, 4) is 11.5 Å². The Balaban J connectivity index is 2.08. The number of nitrogens with one attached hydrogen (secondary N) is 3. The van der Waals surface area contributed by atoms with Crippen LogP contribution in [0.4, 0.5) is 5.82 Å². The third kappa shape index (κ3) is 2.51. The minimum atomic E-state index is -0.537. The Labute approximate surface area is 126 Å². The number of aromatic amines is 1. The second-order valence-corrected chi connectivity index (χ2v) is 4.75. The van der Waals surface area contributed by atoms with Gasteiger partial charge in [-0.15, -0.1) is 0 Å². The van der Waals surface area contributed by atoms with Gasteiger partial charge >= 0.3 is 0 Å².